The first-order chi connectivity index (χ1) is 11.8. The molecule has 0 aliphatic carbocycles. The second-order valence-corrected chi connectivity index (χ2v) is 8.56. The Hall–Kier alpha value is -2.31. The van der Waals surface area contributed by atoms with E-state index < -0.39 is 26.7 Å². The van der Waals surface area contributed by atoms with Crippen molar-refractivity contribution in [2.45, 2.75) is 19.9 Å². The quantitative estimate of drug-likeness (QED) is 0.609. The van der Waals surface area contributed by atoms with Gasteiger partial charge in [-0.2, -0.15) is 4.31 Å². The van der Waals surface area contributed by atoms with E-state index in [0.29, 0.717) is 18.1 Å². The highest BCUT2D eigenvalue weighted by Gasteiger charge is 2.28. The zero-order valence-corrected chi connectivity index (χ0v) is 14.7. The van der Waals surface area contributed by atoms with Gasteiger partial charge in [0.15, 0.2) is 10.9 Å². The molecule has 3 rings (SSSR count). The van der Waals surface area contributed by atoms with Gasteiger partial charge in [-0.15, -0.1) is 11.3 Å². The van der Waals surface area contributed by atoms with Crippen LogP contribution in [0.15, 0.2) is 16.5 Å². The zero-order chi connectivity index (χ0) is 18.2. The molecule has 0 aromatic carbocycles. The maximum absolute atomic E-state index is 12.1. The molecular weight excluding hydrogens is 372 g/mol. The van der Waals surface area contributed by atoms with Crippen molar-refractivity contribution < 1.29 is 22.6 Å². The molecule has 0 unspecified atom stereocenters. The number of nitrogens with one attached hydrogen (secondary N) is 1. The van der Waals surface area contributed by atoms with Crippen LogP contribution in [-0.2, 0) is 23.0 Å². The van der Waals surface area contributed by atoms with Gasteiger partial charge in [-0.3, -0.25) is 20.2 Å². The number of amides is 1. The molecule has 12 heteroatoms. The highest BCUT2D eigenvalue weighted by atomic mass is 32.2. The number of nitrogens with zero attached hydrogens (tertiary/aromatic N) is 3. The van der Waals surface area contributed by atoms with Crippen molar-refractivity contribution in [1.82, 2.24) is 9.29 Å². The van der Waals surface area contributed by atoms with Crippen molar-refractivity contribution in [2.75, 3.05) is 17.6 Å². The Kier molecular flexibility index (Phi) is 4.58. The summed E-state index contributed by atoms with van der Waals surface area (Å²) in [4.78, 5) is 27.0. The minimum Gasteiger partial charge on any atom is -0.395 e. The van der Waals surface area contributed by atoms with Crippen LogP contribution in [0.25, 0.3) is 0 Å². The molecule has 0 bridgehead atoms. The summed E-state index contributed by atoms with van der Waals surface area (Å²) in [6, 6.07) is 2.30. The lowest BCUT2D eigenvalue weighted by Crippen LogP contribution is -2.36. The topological polar surface area (TPSA) is 136 Å². The summed E-state index contributed by atoms with van der Waals surface area (Å²) < 4.78 is 30.2. The summed E-state index contributed by atoms with van der Waals surface area (Å²) in [5, 5.41) is 13.4. The lowest BCUT2D eigenvalue weighted by Gasteiger charge is -2.24. The minimum absolute atomic E-state index is 0.0298. The van der Waals surface area contributed by atoms with E-state index in [0.717, 1.165) is 16.6 Å². The van der Waals surface area contributed by atoms with Crippen LogP contribution in [0.4, 0.5) is 11.0 Å². The third-order valence-electron chi connectivity index (χ3n) is 3.67. The third kappa shape index (κ3) is 3.55. The molecule has 0 spiro atoms. The number of fused-ring (bicyclic) bond motifs is 1. The van der Waals surface area contributed by atoms with Crippen molar-refractivity contribution in [1.29, 1.82) is 0 Å². The van der Waals surface area contributed by atoms with Crippen LogP contribution in [0.2, 0.25) is 0 Å². The molecule has 3 heterocycles. The standard InChI is InChI=1S/C13H14N4O6S2/c1-2-25(21,22)16-6-5-8-10(7-16)24-13(14-8)15-12(18)9-3-4-11(23-9)17(19)20/h3-4H,2,5-7H2,1H3,(H,14,15,18). The molecule has 134 valence electrons. The highest BCUT2D eigenvalue weighted by molar-refractivity contribution is 7.89. The molecule has 0 fully saturated rings. The Morgan fingerprint density at radius 1 is 1.52 bits per heavy atom. The zero-order valence-electron chi connectivity index (χ0n) is 13.1. The van der Waals surface area contributed by atoms with E-state index in [1.807, 2.05) is 0 Å². The van der Waals surface area contributed by atoms with E-state index in [1.165, 1.54) is 21.7 Å². The van der Waals surface area contributed by atoms with Crippen molar-refractivity contribution in [3.05, 3.63) is 38.6 Å². The van der Waals surface area contributed by atoms with Crippen LogP contribution in [0.5, 0.6) is 0 Å². The fourth-order valence-electron chi connectivity index (χ4n) is 2.35. The number of hydrogen-bond acceptors (Lipinski definition) is 8. The molecule has 1 amide bonds. The van der Waals surface area contributed by atoms with Crippen molar-refractivity contribution in [2.24, 2.45) is 0 Å². The number of carbonyl (C=O) groups is 1. The molecular formula is C13H14N4O6S2. The number of carbonyl (C=O) groups excluding carboxylic acids is 1. The SMILES string of the molecule is CCS(=O)(=O)N1CCc2nc(NC(=O)c3ccc([N+](=O)[O-])o3)sc2C1. The average molecular weight is 386 g/mol. The van der Waals surface area contributed by atoms with E-state index >= 15 is 0 Å². The second-order valence-electron chi connectivity index (χ2n) is 5.22. The van der Waals surface area contributed by atoms with Crippen LogP contribution in [0, 0.1) is 10.1 Å². The van der Waals surface area contributed by atoms with E-state index in [1.54, 1.807) is 6.92 Å². The molecule has 0 atom stereocenters. The molecule has 2 aromatic heterocycles. The van der Waals surface area contributed by atoms with Crippen molar-refractivity contribution in [3.8, 4) is 0 Å². The number of furan rings is 1. The predicted molar refractivity (Wildman–Crippen MR) is 89.0 cm³/mol. The summed E-state index contributed by atoms with van der Waals surface area (Å²) in [7, 11) is -3.28. The Labute approximate surface area is 146 Å². The second kappa shape index (κ2) is 6.54. The Morgan fingerprint density at radius 2 is 2.28 bits per heavy atom. The lowest BCUT2D eigenvalue weighted by molar-refractivity contribution is -0.402. The van der Waals surface area contributed by atoms with Crippen LogP contribution < -0.4 is 5.32 Å². The van der Waals surface area contributed by atoms with Gasteiger partial charge in [0, 0.05) is 24.4 Å². The fourth-order valence-corrected chi connectivity index (χ4v) is 4.51. The normalized spacial score (nSPS) is 14.9. The minimum atomic E-state index is -3.28. The van der Waals surface area contributed by atoms with Crippen LogP contribution in [-0.4, -0.2) is 40.8 Å². The van der Waals surface area contributed by atoms with Gasteiger partial charge in [0.25, 0.3) is 5.91 Å². The first kappa shape index (κ1) is 17.5. The molecule has 1 aliphatic heterocycles. The molecule has 1 aliphatic rings. The van der Waals surface area contributed by atoms with E-state index in [-0.39, 0.29) is 18.1 Å². The van der Waals surface area contributed by atoms with Gasteiger partial charge < -0.3 is 4.42 Å². The number of hydrogen-bond donors (Lipinski definition) is 1. The van der Waals surface area contributed by atoms with Gasteiger partial charge in [-0.05, 0) is 13.0 Å². The number of aromatic nitrogens is 1. The van der Waals surface area contributed by atoms with E-state index in [2.05, 4.69) is 10.3 Å². The molecule has 0 saturated heterocycles. The summed E-state index contributed by atoms with van der Waals surface area (Å²) in [5.41, 5.74) is 0.744. The Morgan fingerprint density at radius 3 is 2.92 bits per heavy atom. The molecule has 25 heavy (non-hydrogen) atoms. The Bertz CT molecular complexity index is 932. The molecule has 0 saturated carbocycles. The summed E-state index contributed by atoms with van der Waals surface area (Å²) in [6.45, 7) is 2.17. The van der Waals surface area contributed by atoms with Crippen LogP contribution in [0.3, 0.4) is 0 Å². The first-order valence-electron chi connectivity index (χ1n) is 7.32. The van der Waals surface area contributed by atoms with Crippen molar-refractivity contribution in [3.63, 3.8) is 0 Å². The summed E-state index contributed by atoms with van der Waals surface area (Å²) in [5.74, 6) is -1.35. The van der Waals surface area contributed by atoms with Gasteiger partial charge in [0.1, 0.15) is 4.92 Å². The number of rotatable bonds is 5. The summed E-state index contributed by atoms with van der Waals surface area (Å²) >= 11 is 1.18. The number of nitro groups is 1. The van der Waals surface area contributed by atoms with Crippen LogP contribution >= 0.6 is 11.3 Å². The van der Waals surface area contributed by atoms with Gasteiger partial charge >= 0.3 is 5.88 Å². The maximum Gasteiger partial charge on any atom is 0.433 e. The number of thiazole rings is 1. The number of anilines is 1. The summed E-state index contributed by atoms with van der Waals surface area (Å²) in [6.07, 6.45) is 0.465. The first-order valence-corrected chi connectivity index (χ1v) is 9.74. The largest absolute Gasteiger partial charge is 0.433 e. The van der Waals surface area contributed by atoms with E-state index in [4.69, 9.17) is 4.42 Å². The van der Waals surface area contributed by atoms with Gasteiger partial charge in [0.05, 0.1) is 17.5 Å². The smallest absolute Gasteiger partial charge is 0.395 e. The maximum atomic E-state index is 12.1. The Balaban J connectivity index is 1.73. The lowest BCUT2D eigenvalue weighted by atomic mass is 10.2. The number of sulfonamides is 1. The molecule has 2 aromatic rings. The average Bonchev–Trinajstić information content (AvgIpc) is 3.20. The molecule has 0 radical (unpaired) electrons. The van der Waals surface area contributed by atoms with E-state index in [9.17, 15) is 23.3 Å². The van der Waals surface area contributed by atoms with Gasteiger partial charge in [-0.1, -0.05) is 0 Å². The van der Waals surface area contributed by atoms with Crippen LogP contribution in [0.1, 0.15) is 28.0 Å². The van der Waals surface area contributed by atoms with Gasteiger partial charge in [0.2, 0.25) is 10.0 Å². The third-order valence-corrected chi connectivity index (χ3v) is 6.50. The fraction of sp³-hybridized carbons (Fsp3) is 0.385. The van der Waals surface area contributed by atoms with Gasteiger partial charge in [-0.25, -0.2) is 13.4 Å². The predicted octanol–water partition coefficient (Wildman–Crippen LogP) is 1.60. The highest BCUT2D eigenvalue weighted by Crippen LogP contribution is 2.30. The van der Waals surface area contributed by atoms with Crippen molar-refractivity contribution >= 4 is 38.3 Å². The molecule has 10 nitrogen and oxygen atoms in total. The molecule has 1 N–H and O–H groups in total. The monoisotopic (exact) mass is 386 g/mol.